The van der Waals surface area contributed by atoms with E-state index in [1.165, 1.54) is 6.08 Å². The molecule has 0 saturated heterocycles. The molecular formula is C22H21N5O4S. The van der Waals surface area contributed by atoms with Crippen LogP contribution in [0.1, 0.15) is 5.56 Å². The number of aromatic nitrogens is 4. The Labute approximate surface area is 185 Å². The molecular weight excluding hydrogens is 430 g/mol. The van der Waals surface area contributed by atoms with Gasteiger partial charge in [0.05, 0.1) is 12.7 Å². The number of para-hydroxylation sites is 1. The molecule has 0 atom stereocenters. The van der Waals surface area contributed by atoms with Crippen molar-refractivity contribution >= 4 is 21.7 Å². The van der Waals surface area contributed by atoms with Crippen molar-refractivity contribution in [3.63, 3.8) is 0 Å². The molecule has 9 nitrogen and oxygen atoms in total. The van der Waals surface area contributed by atoms with Gasteiger partial charge in [0.2, 0.25) is 15.9 Å². The van der Waals surface area contributed by atoms with E-state index in [-0.39, 0.29) is 13.2 Å². The first-order chi connectivity index (χ1) is 15.6. The fourth-order valence-electron chi connectivity index (χ4n) is 2.97. The van der Waals surface area contributed by atoms with Crippen LogP contribution >= 0.6 is 0 Å². The molecule has 32 heavy (non-hydrogen) atoms. The quantitative estimate of drug-likeness (QED) is 0.390. The third-order valence-corrected chi connectivity index (χ3v) is 5.58. The maximum atomic E-state index is 12.1. The van der Waals surface area contributed by atoms with Crippen LogP contribution in [-0.2, 0) is 10.0 Å². The van der Waals surface area contributed by atoms with E-state index >= 15 is 0 Å². The summed E-state index contributed by atoms with van der Waals surface area (Å²) in [5.74, 6) is 1.47. The van der Waals surface area contributed by atoms with Gasteiger partial charge in [0.25, 0.3) is 0 Å². The van der Waals surface area contributed by atoms with E-state index in [1.807, 2.05) is 54.6 Å². The predicted octanol–water partition coefficient (Wildman–Crippen LogP) is 2.77. The topological polar surface area (TPSA) is 108 Å². The molecule has 164 valence electrons. The summed E-state index contributed by atoms with van der Waals surface area (Å²) >= 11 is 0. The number of hydrogen-bond acceptors (Lipinski definition) is 7. The molecule has 2 aromatic heterocycles. The molecule has 0 saturated carbocycles. The Morgan fingerprint density at radius 2 is 1.78 bits per heavy atom. The minimum atomic E-state index is -3.58. The maximum Gasteiger partial charge on any atom is 0.233 e. The minimum absolute atomic E-state index is 0.0860. The molecule has 0 aliphatic heterocycles. The Hall–Kier alpha value is -3.76. The van der Waals surface area contributed by atoms with Crippen LogP contribution in [0.2, 0.25) is 0 Å². The summed E-state index contributed by atoms with van der Waals surface area (Å²) in [6.07, 6.45) is 1.53. The monoisotopic (exact) mass is 451 g/mol. The number of hydrogen-bond donors (Lipinski definition) is 1. The Morgan fingerprint density at radius 1 is 1.00 bits per heavy atom. The lowest BCUT2D eigenvalue weighted by molar-refractivity contribution is 0.306. The SMILES string of the molecule is COc1ccccc1-c1nnc2ccc(OCCNS(=O)(=O)/C=C/c3ccccc3)nn12. The third kappa shape index (κ3) is 5.10. The molecule has 0 amide bonds. The maximum absolute atomic E-state index is 12.1. The van der Waals surface area contributed by atoms with Gasteiger partial charge in [-0.2, -0.15) is 4.52 Å². The molecule has 0 aliphatic carbocycles. The fourth-order valence-corrected chi connectivity index (χ4v) is 3.77. The first-order valence-corrected chi connectivity index (χ1v) is 11.3. The molecule has 1 N–H and O–H groups in total. The summed E-state index contributed by atoms with van der Waals surface area (Å²) in [5, 5.41) is 13.9. The molecule has 2 aromatic carbocycles. The van der Waals surface area contributed by atoms with Crippen LogP contribution in [0.5, 0.6) is 11.6 Å². The van der Waals surface area contributed by atoms with Crippen LogP contribution in [0.15, 0.2) is 72.1 Å². The molecule has 0 unspecified atom stereocenters. The van der Waals surface area contributed by atoms with Gasteiger partial charge in [-0.05, 0) is 29.8 Å². The number of sulfonamides is 1. The van der Waals surface area contributed by atoms with Crippen molar-refractivity contribution < 1.29 is 17.9 Å². The van der Waals surface area contributed by atoms with Crippen molar-refractivity contribution in [3.8, 4) is 23.0 Å². The average molecular weight is 452 g/mol. The van der Waals surface area contributed by atoms with E-state index in [4.69, 9.17) is 9.47 Å². The summed E-state index contributed by atoms with van der Waals surface area (Å²) in [6.45, 7) is 0.186. The highest BCUT2D eigenvalue weighted by Gasteiger charge is 2.14. The second-order valence-corrected chi connectivity index (χ2v) is 8.32. The van der Waals surface area contributed by atoms with E-state index in [0.717, 1.165) is 16.5 Å². The molecule has 4 rings (SSSR count). The van der Waals surface area contributed by atoms with Gasteiger partial charge in [-0.1, -0.05) is 42.5 Å². The highest BCUT2D eigenvalue weighted by Crippen LogP contribution is 2.28. The summed E-state index contributed by atoms with van der Waals surface area (Å²) in [6, 6.07) is 20.0. The molecule has 2 heterocycles. The van der Waals surface area contributed by atoms with Gasteiger partial charge >= 0.3 is 0 Å². The Morgan fingerprint density at radius 3 is 2.59 bits per heavy atom. The zero-order valence-corrected chi connectivity index (χ0v) is 18.1. The van der Waals surface area contributed by atoms with Gasteiger partial charge in [0, 0.05) is 18.0 Å². The molecule has 10 heteroatoms. The minimum Gasteiger partial charge on any atom is -0.496 e. The van der Waals surface area contributed by atoms with Crippen LogP contribution in [0.3, 0.4) is 0 Å². The number of rotatable bonds is 9. The third-order valence-electron chi connectivity index (χ3n) is 4.48. The van der Waals surface area contributed by atoms with Crippen LogP contribution in [0.4, 0.5) is 0 Å². The lowest BCUT2D eigenvalue weighted by Gasteiger charge is -2.08. The molecule has 0 spiro atoms. The van der Waals surface area contributed by atoms with Gasteiger partial charge in [-0.15, -0.1) is 15.3 Å². The van der Waals surface area contributed by atoms with Crippen molar-refractivity contribution in [1.29, 1.82) is 0 Å². The number of fused-ring (bicyclic) bond motifs is 1. The smallest absolute Gasteiger partial charge is 0.233 e. The van der Waals surface area contributed by atoms with E-state index in [9.17, 15) is 8.42 Å². The van der Waals surface area contributed by atoms with Crippen molar-refractivity contribution in [1.82, 2.24) is 24.5 Å². The van der Waals surface area contributed by atoms with Crippen molar-refractivity contribution in [3.05, 3.63) is 77.7 Å². The molecule has 0 aliphatic rings. The first-order valence-electron chi connectivity index (χ1n) is 9.77. The zero-order chi connectivity index (χ0) is 22.4. The summed E-state index contributed by atoms with van der Waals surface area (Å²) in [7, 11) is -2.00. The average Bonchev–Trinajstić information content (AvgIpc) is 3.24. The Balaban J connectivity index is 1.40. The van der Waals surface area contributed by atoms with Crippen LogP contribution < -0.4 is 14.2 Å². The van der Waals surface area contributed by atoms with Gasteiger partial charge < -0.3 is 9.47 Å². The van der Waals surface area contributed by atoms with Crippen molar-refractivity contribution in [2.45, 2.75) is 0 Å². The van der Waals surface area contributed by atoms with Gasteiger partial charge in [0.15, 0.2) is 11.5 Å². The van der Waals surface area contributed by atoms with Crippen molar-refractivity contribution in [2.24, 2.45) is 0 Å². The Bertz CT molecular complexity index is 1340. The number of nitrogens with one attached hydrogen (secondary N) is 1. The summed E-state index contributed by atoms with van der Waals surface area (Å²) in [4.78, 5) is 0. The highest BCUT2D eigenvalue weighted by atomic mass is 32.2. The van der Waals surface area contributed by atoms with Crippen molar-refractivity contribution in [2.75, 3.05) is 20.3 Å². The first kappa shape index (κ1) is 21.5. The fraction of sp³-hybridized carbons (Fsp3) is 0.136. The standard InChI is InChI=1S/C22H21N5O4S/c1-30-19-10-6-5-9-18(19)22-25-24-20-11-12-21(26-27(20)22)31-15-14-23-32(28,29)16-13-17-7-3-2-4-8-17/h2-13,16,23H,14-15H2,1H3/b16-13+. The van der Waals surface area contributed by atoms with E-state index in [0.29, 0.717) is 23.1 Å². The second kappa shape index (κ2) is 9.58. The molecule has 0 bridgehead atoms. The zero-order valence-electron chi connectivity index (χ0n) is 17.2. The normalized spacial score (nSPS) is 11.8. The molecule has 0 fully saturated rings. The number of benzene rings is 2. The molecule has 4 aromatic rings. The Kier molecular flexibility index (Phi) is 6.43. The van der Waals surface area contributed by atoms with E-state index in [1.54, 1.807) is 23.8 Å². The van der Waals surface area contributed by atoms with Gasteiger partial charge in [-0.3, -0.25) is 0 Å². The van der Waals surface area contributed by atoms with E-state index < -0.39 is 10.0 Å². The second-order valence-electron chi connectivity index (χ2n) is 6.67. The number of ether oxygens (including phenoxy) is 2. The predicted molar refractivity (Wildman–Crippen MR) is 121 cm³/mol. The van der Waals surface area contributed by atoms with Crippen LogP contribution in [-0.4, -0.2) is 48.5 Å². The number of nitrogens with zero attached hydrogens (tertiary/aromatic N) is 4. The molecule has 0 radical (unpaired) electrons. The van der Waals surface area contributed by atoms with Gasteiger partial charge in [-0.25, -0.2) is 13.1 Å². The van der Waals surface area contributed by atoms with E-state index in [2.05, 4.69) is 20.0 Å². The lowest BCUT2D eigenvalue weighted by Crippen LogP contribution is -2.26. The highest BCUT2D eigenvalue weighted by molar-refractivity contribution is 7.92. The largest absolute Gasteiger partial charge is 0.496 e. The van der Waals surface area contributed by atoms with Gasteiger partial charge in [0.1, 0.15) is 12.4 Å². The van der Waals surface area contributed by atoms with Crippen LogP contribution in [0.25, 0.3) is 23.1 Å². The lowest BCUT2D eigenvalue weighted by atomic mass is 10.2. The summed E-state index contributed by atoms with van der Waals surface area (Å²) in [5.41, 5.74) is 2.08. The van der Waals surface area contributed by atoms with Crippen LogP contribution in [0, 0.1) is 0 Å². The summed E-state index contributed by atoms with van der Waals surface area (Å²) < 4.78 is 39.3. The number of methoxy groups -OCH3 is 1.